The molecule has 0 N–H and O–H groups in total. The molecule has 1 atom stereocenters. The topological polar surface area (TPSA) is 61.2 Å². The molecule has 1 fully saturated rings. The molecule has 2 aromatic carbocycles. The van der Waals surface area contributed by atoms with E-state index in [2.05, 4.69) is 0 Å². The first kappa shape index (κ1) is 13.1. The van der Waals surface area contributed by atoms with Crippen LogP contribution in [0.3, 0.4) is 0 Å². The summed E-state index contributed by atoms with van der Waals surface area (Å²) in [5.74, 6) is -1.00. The molecule has 0 aromatic heterocycles. The fourth-order valence-corrected chi connectivity index (χ4v) is 2.59. The number of nitrogens with zero attached hydrogens (tertiary/aromatic N) is 2. The summed E-state index contributed by atoms with van der Waals surface area (Å²) in [4.78, 5) is 25.9. The number of nitriles is 1. The number of hydrogen-bond donors (Lipinski definition) is 0. The molecular formula is C17H12N2O2. The van der Waals surface area contributed by atoms with Gasteiger partial charge in [-0.25, -0.2) is 4.90 Å². The summed E-state index contributed by atoms with van der Waals surface area (Å²) < 4.78 is 0. The van der Waals surface area contributed by atoms with E-state index in [0.717, 1.165) is 10.5 Å². The van der Waals surface area contributed by atoms with Gasteiger partial charge in [0.1, 0.15) is 6.07 Å². The van der Waals surface area contributed by atoms with E-state index in [4.69, 9.17) is 5.26 Å². The third-order valence-electron chi connectivity index (χ3n) is 3.61. The van der Waals surface area contributed by atoms with Crippen molar-refractivity contribution in [2.45, 2.75) is 12.3 Å². The van der Waals surface area contributed by atoms with E-state index < -0.39 is 5.92 Å². The van der Waals surface area contributed by atoms with Gasteiger partial charge in [0, 0.05) is 6.42 Å². The molecule has 1 heterocycles. The number of imide groups is 1. The normalized spacial score (nSPS) is 17.9. The molecule has 1 aliphatic rings. The Hall–Kier alpha value is -2.93. The van der Waals surface area contributed by atoms with Crippen LogP contribution >= 0.6 is 0 Å². The standard InChI is InChI=1S/C17H12N2O2/c18-11-13-8-4-5-9-15(13)19-16(20)10-14(17(19)21)12-6-2-1-3-7-12/h1-9,14H,10H2. The van der Waals surface area contributed by atoms with Gasteiger partial charge in [-0.05, 0) is 17.7 Å². The van der Waals surface area contributed by atoms with Crippen LogP contribution < -0.4 is 4.90 Å². The maximum absolute atomic E-state index is 12.6. The second kappa shape index (κ2) is 5.22. The average Bonchev–Trinajstić information content (AvgIpc) is 2.83. The van der Waals surface area contributed by atoms with E-state index >= 15 is 0 Å². The molecule has 4 heteroatoms. The van der Waals surface area contributed by atoms with Gasteiger partial charge in [0.05, 0.1) is 17.2 Å². The van der Waals surface area contributed by atoms with Crippen LogP contribution in [0.15, 0.2) is 54.6 Å². The molecule has 0 bridgehead atoms. The Labute approximate surface area is 122 Å². The van der Waals surface area contributed by atoms with Crippen molar-refractivity contribution >= 4 is 17.5 Å². The van der Waals surface area contributed by atoms with Gasteiger partial charge in [-0.1, -0.05) is 42.5 Å². The Bertz CT molecular complexity index is 747. The van der Waals surface area contributed by atoms with E-state index in [0.29, 0.717) is 11.3 Å². The summed E-state index contributed by atoms with van der Waals surface area (Å²) in [6.07, 6.45) is 0.141. The predicted molar refractivity (Wildman–Crippen MR) is 77.5 cm³/mol. The van der Waals surface area contributed by atoms with Crippen molar-refractivity contribution in [3.05, 3.63) is 65.7 Å². The van der Waals surface area contributed by atoms with Crippen LogP contribution in [0.5, 0.6) is 0 Å². The van der Waals surface area contributed by atoms with Crippen LogP contribution in [0.25, 0.3) is 0 Å². The molecular weight excluding hydrogens is 264 g/mol. The highest BCUT2D eigenvalue weighted by Crippen LogP contribution is 2.34. The lowest BCUT2D eigenvalue weighted by molar-refractivity contribution is -0.121. The fraction of sp³-hybridized carbons (Fsp3) is 0.118. The maximum Gasteiger partial charge on any atom is 0.241 e. The Balaban J connectivity index is 2.01. The van der Waals surface area contributed by atoms with Crippen LogP contribution in [0.2, 0.25) is 0 Å². The number of rotatable bonds is 2. The van der Waals surface area contributed by atoms with E-state index in [1.807, 2.05) is 36.4 Å². The van der Waals surface area contributed by atoms with Crippen molar-refractivity contribution in [2.24, 2.45) is 0 Å². The highest BCUT2D eigenvalue weighted by atomic mass is 16.2. The summed E-state index contributed by atoms with van der Waals surface area (Å²) in [7, 11) is 0. The molecule has 0 radical (unpaired) electrons. The Morgan fingerprint density at radius 2 is 1.67 bits per heavy atom. The molecule has 2 aromatic rings. The minimum atomic E-state index is -0.467. The van der Waals surface area contributed by atoms with Gasteiger partial charge < -0.3 is 0 Å². The van der Waals surface area contributed by atoms with E-state index in [1.165, 1.54) is 0 Å². The molecule has 2 amide bonds. The third kappa shape index (κ3) is 2.19. The van der Waals surface area contributed by atoms with Crippen molar-refractivity contribution in [2.75, 3.05) is 4.90 Å². The van der Waals surface area contributed by atoms with Gasteiger partial charge in [-0.15, -0.1) is 0 Å². The number of anilines is 1. The predicted octanol–water partition coefficient (Wildman–Crippen LogP) is 2.61. The van der Waals surface area contributed by atoms with Crippen molar-refractivity contribution in [1.29, 1.82) is 5.26 Å². The van der Waals surface area contributed by atoms with E-state index in [1.54, 1.807) is 24.3 Å². The number of para-hydroxylation sites is 1. The van der Waals surface area contributed by atoms with Crippen molar-refractivity contribution in [3.8, 4) is 6.07 Å². The number of carbonyl (C=O) groups is 2. The highest BCUT2D eigenvalue weighted by Gasteiger charge is 2.40. The van der Waals surface area contributed by atoms with Crippen LogP contribution in [0, 0.1) is 11.3 Å². The Morgan fingerprint density at radius 3 is 2.38 bits per heavy atom. The monoisotopic (exact) mass is 276 g/mol. The largest absolute Gasteiger partial charge is 0.274 e. The second-order valence-electron chi connectivity index (χ2n) is 4.86. The molecule has 1 saturated heterocycles. The SMILES string of the molecule is N#Cc1ccccc1N1C(=O)CC(c2ccccc2)C1=O. The molecule has 0 spiro atoms. The smallest absolute Gasteiger partial charge is 0.241 e. The molecule has 1 aliphatic heterocycles. The summed E-state index contributed by atoms with van der Waals surface area (Å²) in [5, 5.41) is 9.13. The zero-order chi connectivity index (χ0) is 14.8. The van der Waals surface area contributed by atoms with Crippen LogP contribution in [-0.2, 0) is 9.59 Å². The molecule has 3 rings (SSSR count). The summed E-state index contributed by atoms with van der Waals surface area (Å²) in [6, 6.07) is 17.9. The van der Waals surface area contributed by atoms with Crippen LogP contribution in [0.1, 0.15) is 23.5 Å². The maximum atomic E-state index is 12.6. The lowest BCUT2D eigenvalue weighted by Gasteiger charge is -2.16. The first-order valence-corrected chi connectivity index (χ1v) is 6.63. The fourth-order valence-electron chi connectivity index (χ4n) is 2.59. The van der Waals surface area contributed by atoms with Gasteiger partial charge in [0.15, 0.2) is 0 Å². The quantitative estimate of drug-likeness (QED) is 0.792. The zero-order valence-electron chi connectivity index (χ0n) is 11.2. The number of hydrogen-bond acceptors (Lipinski definition) is 3. The molecule has 4 nitrogen and oxygen atoms in total. The second-order valence-corrected chi connectivity index (χ2v) is 4.86. The number of benzene rings is 2. The van der Waals surface area contributed by atoms with Gasteiger partial charge in [0.25, 0.3) is 0 Å². The van der Waals surface area contributed by atoms with Crippen molar-refractivity contribution in [3.63, 3.8) is 0 Å². The Kier molecular flexibility index (Phi) is 3.25. The summed E-state index contributed by atoms with van der Waals surface area (Å²) in [6.45, 7) is 0. The summed E-state index contributed by atoms with van der Waals surface area (Å²) >= 11 is 0. The minimum absolute atomic E-state index is 0.141. The average molecular weight is 276 g/mol. The molecule has 0 aliphatic carbocycles. The van der Waals surface area contributed by atoms with Gasteiger partial charge in [-0.3, -0.25) is 9.59 Å². The van der Waals surface area contributed by atoms with E-state index in [-0.39, 0.29) is 18.2 Å². The van der Waals surface area contributed by atoms with Gasteiger partial charge >= 0.3 is 0 Å². The lowest BCUT2D eigenvalue weighted by atomic mass is 9.98. The number of carbonyl (C=O) groups excluding carboxylic acids is 2. The van der Waals surface area contributed by atoms with Crippen LogP contribution in [0.4, 0.5) is 5.69 Å². The first-order chi connectivity index (χ1) is 10.2. The van der Waals surface area contributed by atoms with Crippen molar-refractivity contribution in [1.82, 2.24) is 0 Å². The van der Waals surface area contributed by atoms with E-state index in [9.17, 15) is 9.59 Å². The van der Waals surface area contributed by atoms with Crippen LogP contribution in [-0.4, -0.2) is 11.8 Å². The molecule has 102 valence electrons. The molecule has 0 saturated carbocycles. The van der Waals surface area contributed by atoms with Crippen molar-refractivity contribution < 1.29 is 9.59 Å². The lowest BCUT2D eigenvalue weighted by Crippen LogP contribution is -2.30. The highest BCUT2D eigenvalue weighted by molar-refractivity contribution is 6.23. The van der Waals surface area contributed by atoms with Gasteiger partial charge in [-0.2, -0.15) is 5.26 Å². The van der Waals surface area contributed by atoms with Gasteiger partial charge in [0.2, 0.25) is 11.8 Å². The number of amides is 2. The Morgan fingerprint density at radius 1 is 1.00 bits per heavy atom. The zero-order valence-corrected chi connectivity index (χ0v) is 11.2. The summed E-state index contributed by atoms with van der Waals surface area (Å²) in [5.41, 5.74) is 1.52. The minimum Gasteiger partial charge on any atom is -0.274 e. The molecule has 1 unspecified atom stereocenters. The third-order valence-corrected chi connectivity index (χ3v) is 3.61. The first-order valence-electron chi connectivity index (χ1n) is 6.63. The molecule has 21 heavy (non-hydrogen) atoms.